The molecule has 0 amide bonds. The number of benzene rings is 2. The molecule has 0 spiro atoms. The van der Waals surface area contributed by atoms with Crippen LogP contribution in [-0.2, 0) is 0 Å². The molecular formula is C26H29ClFN7OS. The molecule has 2 saturated heterocycles. The second kappa shape index (κ2) is 10.2. The number of likely N-dealkylation sites (N-methyl/N-ethyl adjacent to an activating group) is 1. The Hall–Kier alpha value is -2.79. The topological polar surface area (TPSA) is 92.4 Å². The zero-order chi connectivity index (χ0) is 25.5. The molecule has 8 nitrogen and oxygen atoms in total. The number of thiazole rings is 1. The molecule has 0 bridgehead atoms. The SMILES string of the molecule is CN1CCCCC1COc1nc(N2CCNCC2)c2cc(Cl)c(-c3cccc4sc(N)nc34)c(F)c2n1. The van der Waals surface area contributed by atoms with E-state index in [1.165, 1.54) is 24.2 Å². The highest BCUT2D eigenvalue weighted by Crippen LogP contribution is 2.42. The van der Waals surface area contributed by atoms with Gasteiger partial charge in [0.2, 0.25) is 0 Å². The lowest BCUT2D eigenvalue weighted by Gasteiger charge is -2.32. The van der Waals surface area contributed by atoms with Crippen LogP contribution in [0.1, 0.15) is 19.3 Å². The third-order valence-electron chi connectivity index (χ3n) is 7.29. The van der Waals surface area contributed by atoms with Crippen molar-refractivity contribution in [3.63, 3.8) is 0 Å². The van der Waals surface area contributed by atoms with Crippen molar-refractivity contribution < 1.29 is 9.13 Å². The van der Waals surface area contributed by atoms with E-state index in [1.54, 1.807) is 6.07 Å². The molecule has 2 aromatic heterocycles. The summed E-state index contributed by atoms with van der Waals surface area (Å²) in [5.41, 5.74) is 7.62. The first-order chi connectivity index (χ1) is 18.0. The van der Waals surface area contributed by atoms with Crippen LogP contribution >= 0.6 is 22.9 Å². The molecule has 4 heterocycles. The second-order valence-corrected chi connectivity index (χ2v) is 11.1. The number of hydrogen-bond acceptors (Lipinski definition) is 9. The molecule has 0 saturated carbocycles. The summed E-state index contributed by atoms with van der Waals surface area (Å²) in [6.07, 6.45) is 3.43. The highest BCUT2D eigenvalue weighted by Gasteiger charge is 2.26. The van der Waals surface area contributed by atoms with E-state index < -0.39 is 5.82 Å². The third kappa shape index (κ3) is 4.67. The molecule has 1 atom stereocenters. The summed E-state index contributed by atoms with van der Waals surface area (Å²) in [7, 11) is 2.11. The maximum absolute atomic E-state index is 16.4. The Bertz CT molecular complexity index is 1460. The van der Waals surface area contributed by atoms with Gasteiger partial charge in [0, 0.05) is 48.7 Å². The van der Waals surface area contributed by atoms with E-state index in [-0.39, 0.29) is 28.2 Å². The third-order valence-corrected chi connectivity index (χ3v) is 8.44. The van der Waals surface area contributed by atoms with Crippen molar-refractivity contribution in [2.24, 2.45) is 0 Å². The number of rotatable bonds is 5. The average molecular weight is 542 g/mol. The van der Waals surface area contributed by atoms with Gasteiger partial charge < -0.3 is 25.6 Å². The number of hydrogen-bond donors (Lipinski definition) is 2. The number of nitrogen functional groups attached to an aromatic ring is 1. The number of piperidine rings is 1. The predicted molar refractivity (Wildman–Crippen MR) is 148 cm³/mol. The first-order valence-electron chi connectivity index (χ1n) is 12.6. The van der Waals surface area contributed by atoms with Gasteiger partial charge in [-0.05, 0) is 38.6 Å². The lowest BCUT2D eigenvalue weighted by atomic mass is 10.0. The van der Waals surface area contributed by atoms with Gasteiger partial charge >= 0.3 is 6.01 Å². The van der Waals surface area contributed by atoms with Gasteiger partial charge in [-0.15, -0.1) is 0 Å². The number of piperazine rings is 1. The fourth-order valence-electron chi connectivity index (χ4n) is 5.28. The first-order valence-corrected chi connectivity index (χ1v) is 13.8. The number of nitrogens with one attached hydrogen (secondary N) is 1. The average Bonchev–Trinajstić information content (AvgIpc) is 3.29. The van der Waals surface area contributed by atoms with Gasteiger partial charge in [0.25, 0.3) is 0 Å². The smallest absolute Gasteiger partial charge is 0.319 e. The highest BCUT2D eigenvalue weighted by atomic mass is 35.5. The lowest BCUT2D eigenvalue weighted by Crippen LogP contribution is -2.44. The standard InChI is InChI=1S/C26H29ClFN7OS/c1-34-10-3-2-5-15(34)14-36-26-32-23-17(24(33-26)35-11-8-30-9-12-35)13-18(27)20(21(23)28)16-6-4-7-19-22(16)31-25(29)37-19/h4,6-7,13,15,30H,2-3,5,8-12,14H2,1H3,(H2,29,31). The van der Waals surface area contributed by atoms with Crippen molar-refractivity contribution in [1.82, 2.24) is 25.2 Å². The summed E-state index contributed by atoms with van der Waals surface area (Å²) in [6, 6.07) is 7.82. The molecule has 2 fully saturated rings. The minimum absolute atomic E-state index is 0.184. The van der Waals surface area contributed by atoms with Crippen LogP contribution in [0.4, 0.5) is 15.3 Å². The molecule has 0 aliphatic carbocycles. The zero-order valence-electron chi connectivity index (χ0n) is 20.6. The molecule has 3 N–H and O–H groups in total. The molecular weight excluding hydrogens is 513 g/mol. The number of halogens is 2. The van der Waals surface area contributed by atoms with E-state index in [9.17, 15) is 0 Å². The molecule has 194 valence electrons. The summed E-state index contributed by atoms with van der Waals surface area (Å²) in [4.78, 5) is 18.2. The number of para-hydroxylation sites is 1. The van der Waals surface area contributed by atoms with Gasteiger partial charge in [-0.1, -0.05) is 41.5 Å². The van der Waals surface area contributed by atoms with Crippen LogP contribution in [0.25, 0.3) is 32.2 Å². The lowest BCUT2D eigenvalue weighted by molar-refractivity contribution is 0.120. The molecule has 37 heavy (non-hydrogen) atoms. The quantitative estimate of drug-likeness (QED) is 0.380. The van der Waals surface area contributed by atoms with Gasteiger partial charge in [0.1, 0.15) is 17.9 Å². The maximum atomic E-state index is 16.4. The van der Waals surface area contributed by atoms with E-state index in [2.05, 4.69) is 32.1 Å². The van der Waals surface area contributed by atoms with E-state index in [1.807, 2.05) is 18.2 Å². The molecule has 1 unspecified atom stereocenters. The Kier molecular flexibility index (Phi) is 6.74. The van der Waals surface area contributed by atoms with E-state index in [0.29, 0.717) is 34.0 Å². The van der Waals surface area contributed by atoms with Crippen molar-refractivity contribution in [1.29, 1.82) is 0 Å². The first kappa shape index (κ1) is 24.5. The summed E-state index contributed by atoms with van der Waals surface area (Å²) < 4.78 is 23.4. The zero-order valence-corrected chi connectivity index (χ0v) is 22.2. The van der Waals surface area contributed by atoms with Crippen molar-refractivity contribution in [3.8, 4) is 17.1 Å². The van der Waals surface area contributed by atoms with E-state index >= 15 is 4.39 Å². The Balaban J connectivity index is 1.48. The molecule has 2 aliphatic rings. The normalized spacial score (nSPS) is 19.1. The molecule has 11 heteroatoms. The summed E-state index contributed by atoms with van der Waals surface area (Å²) in [5, 5.41) is 4.63. The monoisotopic (exact) mass is 541 g/mol. The number of nitrogens with zero attached hydrogens (tertiary/aromatic N) is 5. The number of anilines is 2. The molecule has 2 aromatic carbocycles. The van der Waals surface area contributed by atoms with Crippen LogP contribution in [0.5, 0.6) is 6.01 Å². The van der Waals surface area contributed by atoms with Gasteiger partial charge in [0.05, 0.1) is 15.2 Å². The van der Waals surface area contributed by atoms with Crippen LogP contribution in [-0.4, -0.2) is 72.3 Å². The Morgan fingerprint density at radius 3 is 2.81 bits per heavy atom. The van der Waals surface area contributed by atoms with Gasteiger partial charge in [-0.3, -0.25) is 0 Å². The minimum Gasteiger partial charge on any atom is -0.462 e. The van der Waals surface area contributed by atoms with Crippen LogP contribution in [0.3, 0.4) is 0 Å². The summed E-state index contributed by atoms with van der Waals surface area (Å²) in [5.74, 6) is 0.127. The summed E-state index contributed by atoms with van der Waals surface area (Å²) in [6.45, 7) is 4.63. The Morgan fingerprint density at radius 1 is 1.16 bits per heavy atom. The van der Waals surface area contributed by atoms with Crippen LogP contribution < -0.4 is 20.7 Å². The molecule has 0 radical (unpaired) electrons. The van der Waals surface area contributed by atoms with Crippen LogP contribution in [0.15, 0.2) is 24.3 Å². The second-order valence-electron chi connectivity index (χ2n) is 9.66. The number of ether oxygens (including phenoxy) is 1. The van der Waals surface area contributed by atoms with Gasteiger partial charge in [-0.25, -0.2) is 9.37 Å². The van der Waals surface area contributed by atoms with E-state index in [4.69, 9.17) is 27.1 Å². The van der Waals surface area contributed by atoms with E-state index in [0.717, 1.165) is 43.8 Å². The van der Waals surface area contributed by atoms with Crippen molar-refractivity contribution >= 4 is 55.0 Å². The largest absolute Gasteiger partial charge is 0.462 e. The molecule has 6 rings (SSSR count). The number of aromatic nitrogens is 3. The van der Waals surface area contributed by atoms with Gasteiger partial charge in [-0.2, -0.15) is 9.97 Å². The Morgan fingerprint density at radius 2 is 2.00 bits per heavy atom. The summed E-state index contributed by atoms with van der Waals surface area (Å²) >= 11 is 8.12. The molecule has 4 aromatic rings. The van der Waals surface area contributed by atoms with Crippen molar-refractivity contribution in [2.75, 3.05) is 57.0 Å². The van der Waals surface area contributed by atoms with Crippen LogP contribution in [0.2, 0.25) is 5.02 Å². The predicted octanol–water partition coefficient (Wildman–Crippen LogP) is 4.55. The van der Waals surface area contributed by atoms with Crippen molar-refractivity contribution in [3.05, 3.63) is 35.1 Å². The number of likely N-dealkylation sites (tertiary alicyclic amines) is 1. The maximum Gasteiger partial charge on any atom is 0.319 e. The number of nitrogens with two attached hydrogens (primary N) is 1. The Labute approximate surface area is 223 Å². The molecule has 2 aliphatic heterocycles. The van der Waals surface area contributed by atoms with Crippen molar-refractivity contribution in [2.45, 2.75) is 25.3 Å². The number of fused-ring (bicyclic) bond motifs is 2. The fourth-order valence-corrected chi connectivity index (χ4v) is 6.34. The highest BCUT2D eigenvalue weighted by molar-refractivity contribution is 7.22. The van der Waals surface area contributed by atoms with Gasteiger partial charge in [0.15, 0.2) is 10.9 Å². The fraction of sp³-hybridized carbons (Fsp3) is 0.423. The minimum atomic E-state index is -0.514. The van der Waals surface area contributed by atoms with Crippen LogP contribution in [0, 0.1) is 5.82 Å².